The van der Waals surface area contributed by atoms with Crippen molar-refractivity contribution in [2.75, 3.05) is 13.7 Å². The number of carbonyl (C=O) groups is 2. The van der Waals surface area contributed by atoms with Crippen LogP contribution in [0.3, 0.4) is 0 Å². The molecule has 1 aliphatic rings. The van der Waals surface area contributed by atoms with Gasteiger partial charge in [-0.05, 0) is 55.9 Å². The van der Waals surface area contributed by atoms with Crippen LogP contribution in [0.4, 0.5) is 0 Å². The van der Waals surface area contributed by atoms with E-state index >= 15 is 0 Å². The highest BCUT2D eigenvalue weighted by molar-refractivity contribution is 5.95. The van der Waals surface area contributed by atoms with Crippen molar-refractivity contribution in [1.29, 1.82) is 5.41 Å². The highest BCUT2D eigenvalue weighted by atomic mass is 35.5. The molecule has 0 atom stereocenters. The minimum absolute atomic E-state index is 0. The summed E-state index contributed by atoms with van der Waals surface area (Å²) in [5, 5.41) is 10.1. The number of carbonyl (C=O) groups excluding carboxylic acids is 2. The Labute approximate surface area is 193 Å². The van der Waals surface area contributed by atoms with Crippen LogP contribution in [-0.2, 0) is 4.79 Å². The molecule has 2 aromatic rings. The van der Waals surface area contributed by atoms with Crippen LogP contribution in [0.1, 0.15) is 36.0 Å². The number of esters is 2. The Balaban J connectivity index is 0.00000363. The first-order chi connectivity index (χ1) is 15.0. The summed E-state index contributed by atoms with van der Waals surface area (Å²) in [6.07, 6.45) is 3.07. The minimum atomic E-state index is -0.632. The second kappa shape index (κ2) is 12.0. The first kappa shape index (κ1) is 25.0. The van der Waals surface area contributed by atoms with E-state index in [-0.39, 0.29) is 47.3 Å². The predicted molar refractivity (Wildman–Crippen MR) is 123 cm³/mol. The number of nitrogens with one attached hydrogen (secondary N) is 2. The molecule has 8 nitrogen and oxygen atoms in total. The van der Waals surface area contributed by atoms with Gasteiger partial charge in [0, 0.05) is 6.54 Å². The van der Waals surface area contributed by atoms with Crippen LogP contribution >= 0.6 is 12.4 Å². The fraction of sp³-hybridized carbons (Fsp3) is 0.348. The molecule has 0 aromatic heterocycles. The Morgan fingerprint density at radius 1 is 0.969 bits per heavy atom. The van der Waals surface area contributed by atoms with Crippen LogP contribution < -0.4 is 25.3 Å². The van der Waals surface area contributed by atoms with E-state index in [2.05, 4.69) is 5.32 Å². The number of ether oxygens (including phenoxy) is 3. The van der Waals surface area contributed by atoms with Crippen LogP contribution in [0.5, 0.6) is 17.2 Å². The van der Waals surface area contributed by atoms with Crippen molar-refractivity contribution in [3.63, 3.8) is 0 Å². The average molecular weight is 462 g/mol. The van der Waals surface area contributed by atoms with Crippen molar-refractivity contribution in [3.8, 4) is 17.2 Å². The van der Waals surface area contributed by atoms with Gasteiger partial charge in [0.25, 0.3) is 0 Å². The van der Waals surface area contributed by atoms with Crippen LogP contribution in [0.15, 0.2) is 48.5 Å². The van der Waals surface area contributed by atoms with Gasteiger partial charge in [0.05, 0.1) is 13.0 Å². The van der Waals surface area contributed by atoms with Crippen LogP contribution in [0, 0.1) is 17.2 Å². The third kappa shape index (κ3) is 6.62. The van der Waals surface area contributed by atoms with Crippen LogP contribution in [0.2, 0.25) is 0 Å². The molecule has 9 heteroatoms. The number of guanidine groups is 1. The lowest BCUT2D eigenvalue weighted by atomic mass is 9.82. The second-order valence-corrected chi connectivity index (χ2v) is 7.47. The second-order valence-electron chi connectivity index (χ2n) is 7.47. The van der Waals surface area contributed by atoms with E-state index in [0.29, 0.717) is 31.1 Å². The third-order valence-electron chi connectivity index (χ3n) is 5.35. The zero-order valence-corrected chi connectivity index (χ0v) is 18.7. The van der Waals surface area contributed by atoms with Gasteiger partial charge in [-0.2, -0.15) is 0 Å². The molecule has 0 bridgehead atoms. The fourth-order valence-electron chi connectivity index (χ4n) is 3.63. The van der Waals surface area contributed by atoms with Gasteiger partial charge in [-0.15, -0.1) is 12.4 Å². The van der Waals surface area contributed by atoms with Gasteiger partial charge < -0.3 is 25.3 Å². The molecule has 2 aromatic carbocycles. The van der Waals surface area contributed by atoms with Gasteiger partial charge in [-0.3, -0.25) is 10.2 Å². The van der Waals surface area contributed by atoms with Crippen molar-refractivity contribution >= 4 is 30.3 Å². The maximum absolute atomic E-state index is 12.7. The van der Waals surface area contributed by atoms with Gasteiger partial charge >= 0.3 is 11.9 Å². The number of benzene rings is 2. The molecule has 0 aliphatic heterocycles. The molecule has 0 heterocycles. The Bertz CT molecular complexity index is 945. The van der Waals surface area contributed by atoms with E-state index in [4.69, 9.17) is 25.4 Å². The van der Waals surface area contributed by atoms with E-state index < -0.39 is 5.97 Å². The van der Waals surface area contributed by atoms with Crippen LogP contribution in [0.25, 0.3) is 0 Å². The number of para-hydroxylation sites is 3. The Hall–Kier alpha value is -3.26. The maximum atomic E-state index is 12.7. The highest BCUT2D eigenvalue weighted by Gasteiger charge is 2.29. The quantitative estimate of drug-likeness (QED) is 0.249. The van der Waals surface area contributed by atoms with E-state index in [1.807, 2.05) is 0 Å². The standard InChI is InChI=1S/C23H27N3O5.ClH/c1-29-19-8-4-5-9-20(19)31-22(28)17-6-2-3-7-18(17)30-21(27)16-12-10-15(11-13-16)14-26-23(24)25;/h2-9,15-16H,10-14H2,1H3,(H4,24,25,26);1H/t15-,16-;. The largest absolute Gasteiger partial charge is 0.493 e. The Morgan fingerprint density at radius 3 is 2.19 bits per heavy atom. The molecule has 1 aliphatic carbocycles. The van der Waals surface area contributed by atoms with Crippen molar-refractivity contribution < 1.29 is 23.8 Å². The zero-order valence-electron chi connectivity index (χ0n) is 17.8. The van der Waals surface area contributed by atoms with Gasteiger partial charge in [-0.25, -0.2) is 4.79 Å². The summed E-state index contributed by atoms with van der Waals surface area (Å²) in [5.41, 5.74) is 5.50. The van der Waals surface area contributed by atoms with Crippen molar-refractivity contribution in [2.24, 2.45) is 17.6 Å². The summed E-state index contributed by atoms with van der Waals surface area (Å²) in [6, 6.07) is 13.4. The van der Waals surface area contributed by atoms with Gasteiger partial charge in [0.1, 0.15) is 11.3 Å². The molecular weight excluding hydrogens is 434 g/mol. The lowest BCUT2D eigenvalue weighted by molar-refractivity contribution is -0.140. The summed E-state index contributed by atoms with van der Waals surface area (Å²) in [4.78, 5) is 25.4. The molecule has 32 heavy (non-hydrogen) atoms. The van der Waals surface area contributed by atoms with Crippen LogP contribution in [-0.4, -0.2) is 31.6 Å². The number of methoxy groups -OCH3 is 1. The first-order valence-electron chi connectivity index (χ1n) is 10.2. The molecular formula is C23H28ClN3O5. The minimum Gasteiger partial charge on any atom is -0.493 e. The average Bonchev–Trinajstić information content (AvgIpc) is 2.78. The summed E-state index contributed by atoms with van der Waals surface area (Å²) >= 11 is 0. The molecule has 0 amide bonds. The van der Waals surface area contributed by atoms with Crippen molar-refractivity contribution in [3.05, 3.63) is 54.1 Å². The molecule has 1 fully saturated rings. The molecule has 0 saturated heterocycles. The fourth-order valence-corrected chi connectivity index (χ4v) is 3.63. The zero-order chi connectivity index (χ0) is 22.2. The first-order valence-corrected chi connectivity index (χ1v) is 10.2. The summed E-state index contributed by atoms with van der Waals surface area (Å²) < 4.78 is 16.3. The Morgan fingerprint density at radius 2 is 1.56 bits per heavy atom. The normalized spacial score (nSPS) is 17.4. The summed E-state index contributed by atoms with van der Waals surface area (Å²) in [6.45, 7) is 0.634. The lowest BCUT2D eigenvalue weighted by Crippen LogP contribution is -2.36. The van der Waals surface area contributed by atoms with Crippen molar-refractivity contribution in [1.82, 2.24) is 5.32 Å². The molecule has 4 N–H and O–H groups in total. The highest BCUT2D eigenvalue weighted by Crippen LogP contribution is 2.31. The third-order valence-corrected chi connectivity index (χ3v) is 5.35. The van der Waals surface area contributed by atoms with E-state index in [1.54, 1.807) is 48.5 Å². The topological polar surface area (TPSA) is 124 Å². The van der Waals surface area contributed by atoms with E-state index in [1.165, 1.54) is 7.11 Å². The van der Waals surface area contributed by atoms with E-state index in [0.717, 1.165) is 12.8 Å². The number of halogens is 1. The SMILES string of the molecule is COc1ccccc1OC(=O)c1ccccc1OC(=O)[C@H]1CC[C@H](CNC(=N)N)CC1.Cl. The predicted octanol–water partition coefficient (Wildman–Crippen LogP) is 3.53. The summed E-state index contributed by atoms with van der Waals surface area (Å²) in [7, 11) is 1.49. The monoisotopic (exact) mass is 461 g/mol. The molecule has 0 unspecified atom stereocenters. The van der Waals surface area contributed by atoms with Crippen molar-refractivity contribution in [2.45, 2.75) is 25.7 Å². The molecule has 3 rings (SSSR count). The maximum Gasteiger partial charge on any atom is 0.347 e. The van der Waals surface area contributed by atoms with E-state index in [9.17, 15) is 9.59 Å². The number of nitrogens with two attached hydrogens (primary N) is 1. The Kier molecular flexibility index (Phi) is 9.34. The molecule has 172 valence electrons. The molecule has 0 spiro atoms. The number of hydrogen-bond acceptors (Lipinski definition) is 6. The molecule has 0 radical (unpaired) electrons. The number of hydrogen-bond donors (Lipinski definition) is 3. The van der Waals surface area contributed by atoms with Gasteiger partial charge in [0.2, 0.25) is 0 Å². The number of rotatable bonds is 7. The van der Waals surface area contributed by atoms with Gasteiger partial charge in [0.15, 0.2) is 17.5 Å². The lowest BCUT2D eigenvalue weighted by Gasteiger charge is -2.27. The smallest absolute Gasteiger partial charge is 0.347 e. The van der Waals surface area contributed by atoms with Gasteiger partial charge in [-0.1, -0.05) is 24.3 Å². The molecule has 1 saturated carbocycles. The summed E-state index contributed by atoms with van der Waals surface area (Å²) in [5.74, 6) is 0.00580.